The normalized spacial score (nSPS) is 20.1. The first-order chi connectivity index (χ1) is 4.84. The molecule has 1 aliphatic heterocycles. The van der Waals surface area contributed by atoms with E-state index in [2.05, 4.69) is 10.7 Å². The molecule has 0 saturated carbocycles. The lowest BCUT2D eigenvalue weighted by Gasteiger charge is -2.17. The molecular weight excluding hydrogens is 130 g/mol. The van der Waals surface area contributed by atoms with Crippen LogP contribution in [0, 0.1) is 0 Å². The van der Waals surface area contributed by atoms with Crippen molar-refractivity contribution < 1.29 is 4.79 Å². The molecule has 0 aliphatic carbocycles. The minimum absolute atomic E-state index is 0.0139. The number of hydrazine groups is 1. The first-order valence-corrected chi connectivity index (χ1v) is 3.57. The average molecular weight is 143 g/mol. The second-order valence-electron chi connectivity index (χ2n) is 2.31. The van der Waals surface area contributed by atoms with Gasteiger partial charge in [-0.05, 0) is 12.8 Å². The van der Waals surface area contributed by atoms with Gasteiger partial charge in [0.25, 0.3) is 0 Å². The molecule has 1 heterocycles. The molecule has 58 valence electrons. The van der Waals surface area contributed by atoms with Crippen molar-refractivity contribution in [2.45, 2.75) is 12.8 Å². The lowest BCUT2D eigenvalue weighted by molar-refractivity contribution is 0.183. The molecule has 0 unspecified atom stereocenters. The summed E-state index contributed by atoms with van der Waals surface area (Å²) in [4.78, 5) is 11.0. The van der Waals surface area contributed by atoms with Crippen molar-refractivity contribution in [1.82, 2.24) is 15.8 Å². The molecule has 0 aromatic carbocycles. The maximum Gasteiger partial charge on any atom is 0.331 e. The van der Waals surface area contributed by atoms with Crippen molar-refractivity contribution >= 4 is 6.03 Å². The molecule has 4 heteroatoms. The van der Waals surface area contributed by atoms with Crippen molar-refractivity contribution in [3.63, 3.8) is 0 Å². The summed E-state index contributed by atoms with van der Waals surface area (Å²) < 4.78 is 0. The predicted octanol–water partition coefficient (Wildman–Crippen LogP) is -0.0738. The number of nitrogens with one attached hydrogen (secondary N) is 2. The third-order valence-corrected chi connectivity index (χ3v) is 1.60. The fraction of sp³-hybridized carbons (Fsp3) is 0.833. The molecule has 10 heavy (non-hydrogen) atoms. The molecule has 0 aromatic rings. The van der Waals surface area contributed by atoms with Gasteiger partial charge in [-0.25, -0.2) is 10.2 Å². The van der Waals surface area contributed by atoms with Crippen LogP contribution in [0.2, 0.25) is 0 Å². The lowest BCUT2D eigenvalue weighted by Crippen LogP contribution is -2.45. The molecule has 2 N–H and O–H groups in total. The molecule has 0 atom stereocenters. The third-order valence-electron chi connectivity index (χ3n) is 1.60. The van der Waals surface area contributed by atoms with Crippen LogP contribution < -0.4 is 10.7 Å². The largest absolute Gasteiger partial charge is 0.337 e. The summed E-state index contributed by atoms with van der Waals surface area (Å²) in [6.45, 7) is 1.61. The van der Waals surface area contributed by atoms with Crippen LogP contribution in [0.15, 0.2) is 0 Å². The van der Waals surface area contributed by atoms with E-state index < -0.39 is 0 Å². The van der Waals surface area contributed by atoms with Gasteiger partial charge in [-0.2, -0.15) is 0 Å². The Balaban J connectivity index is 2.43. The van der Waals surface area contributed by atoms with E-state index in [0.717, 1.165) is 25.9 Å². The zero-order valence-electron chi connectivity index (χ0n) is 6.18. The monoisotopic (exact) mass is 143 g/mol. The standard InChI is InChI=1S/C6H13N3O/c1-7-9-5-3-2-4-8-6(9)10/h7H,2-5H2,1H3,(H,8,10). The van der Waals surface area contributed by atoms with Crippen LogP contribution in [0.1, 0.15) is 12.8 Å². The van der Waals surface area contributed by atoms with Gasteiger partial charge in [0.15, 0.2) is 0 Å². The van der Waals surface area contributed by atoms with Gasteiger partial charge in [-0.15, -0.1) is 0 Å². The molecule has 0 bridgehead atoms. The van der Waals surface area contributed by atoms with E-state index in [4.69, 9.17) is 0 Å². The maximum absolute atomic E-state index is 11.0. The Labute approximate surface area is 60.5 Å². The summed E-state index contributed by atoms with van der Waals surface area (Å²) in [5.74, 6) is 0. The molecule has 0 radical (unpaired) electrons. The molecule has 0 spiro atoms. The molecular formula is C6H13N3O. The zero-order valence-corrected chi connectivity index (χ0v) is 6.18. The number of carbonyl (C=O) groups excluding carboxylic acids is 1. The first kappa shape index (κ1) is 7.34. The zero-order chi connectivity index (χ0) is 7.40. The topological polar surface area (TPSA) is 44.4 Å². The highest BCUT2D eigenvalue weighted by Crippen LogP contribution is 1.96. The number of amides is 2. The van der Waals surface area contributed by atoms with Crippen molar-refractivity contribution in [2.75, 3.05) is 20.1 Å². The number of hydrogen-bond acceptors (Lipinski definition) is 2. The highest BCUT2D eigenvalue weighted by Gasteiger charge is 2.12. The Hall–Kier alpha value is -0.770. The SMILES string of the molecule is CNN1CCCCNC1=O. The second-order valence-corrected chi connectivity index (χ2v) is 2.31. The number of rotatable bonds is 1. The van der Waals surface area contributed by atoms with Crippen LogP contribution >= 0.6 is 0 Å². The summed E-state index contributed by atoms with van der Waals surface area (Å²) in [6, 6.07) is -0.0139. The number of carbonyl (C=O) groups is 1. The van der Waals surface area contributed by atoms with Gasteiger partial charge in [-0.3, -0.25) is 5.01 Å². The van der Waals surface area contributed by atoms with Gasteiger partial charge >= 0.3 is 6.03 Å². The Morgan fingerprint density at radius 3 is 3.10 bits per heavy atom. The second kappa shape index (κ2) is 3.41. The van der Waals surface area contributed by atoms with Crippen molar-refractivity contribution in [2.24, 2.45) is 0 Å². The molecule has 1 fully saturated rings. The smallest absolute Gasteiger partial charge is 0.331 e. The maximum atomic E-state index is 11.0. The van der Waals surface area contributed by atoms with Crippen LogP contribution in [0.5, 0.6) is 0 Å². The van der Waals surface area contributed by atoms with E-state index in [1.165, 1.54) is 0 Å². The highest BCUT2D eigenvalue weighted by molar-refractivity contribution is 5.73. The van der Waals surface area contributed by atoms with Gasteiger partial charge in [0.05, 0.1) is 0 Å². The van der Waals surface area contributed by atoms with E-state index in [1.807, 2.05) is 0 Å². The van der Waals surface area contributed by atoms with Crippen LogP contribution in [-0.4, -0.2) is 31.2 Å². The van der Waals surface area contributed by atoms with Gasteiger partial charge in [0.1, 0.15) is 0 Å². The fourth-order valence-electron chi connectivity index (χ4n) is 1.00. The molecule has 0 aromatic heterocycles. The minimum Gasteiger partial charge on any atom is -0.337 e. The van der Waals surface area contributed by atoms with Gasteiger partial charge < -0.3 is 5.32 Å². The fourth-order valence-corrected chi connectivity index (χ4v) is 1.00. The Kier molecular flexibility index (Phi) is 2.50. The summed E-state index contributed by atoms with van der Waals surface area (Å²) in [5, 5.41) is 4.36. The summed E-state index contributed by atoms with van der Waals surface area (Å²) in [7, 11) is 1.75. The van der Waals surface area contributed by atoms with Crippen LogP contribution in [0.3, 0.4) is 0 Å². The summed E-state index contributed by atoms with van der Waals surface area (Å²) in [6.07, 6.45) is 2.14. The van der Waals surface area contributed by atoms with Gasteiger partial charge in [0, 0.05) is 20.1 Å². The van der Waals surface area contributed by atoms with E-state index in [-0.39, 0.29) is 6.03 Å². The van der Waals surface area contributed by atoms with Crippen LogP contribution in [0.4, 0.5) is 4.79 Å². The van der Waals surface area contributed by atoms with E-state index in [9.17, 15) is 4.79 Å². The summed E-state index contributed by atoms with van der Waals surface area (Å²) in [5.41, 5.74) is 2.81. The Morgan fingerprint density at radius 1 is 1.60 bits per heavy atom. The minimum atomic E-state index is -0.0139. The van der Waals surface area contributed by atoms with Crippen molar-refractivity contribution in [1.29, 1.82) is 0 Å². The number of nitrogens with zero attached hydrogens (tertiary/aromatic N) is 1. The quantitative estimate of drug-likeness (QED) is 0.539. The Morgan fingerprint density at radius 2 is 2.40 bits per heavy atom. The van der Waals surface area contributed by atoms with E-state index in [1.54, 1.807) is 12.1 Å². The predicted molar refractivity (Wildman–Crippen MR) is 38.4 cm³/mol. The summed E-state index contributed by atoms with van der Waals surface area (Å²) >= 11 is 0. The molecule has 1 saturated heterocycles. The van der Waals surface area contributed by atoms with E-state index in [0.29, 0.717) is 0 Å². The molecule has 1 rings (SSSR count). The van der Waals surface area contributed by atoms with Crippen molar-refractivity contribution in [3.05, 3.63) is 0 Å². The lowest BCUT2D eigenvalue weighted by atomic mass is 10.3. The molecule has 1 aliphatic rings. The van der Waals surface area contributed by atoms with E-state index >= 15 is 0 Å². The third kappa shape index (κ3) is 1.60. The van der Waals surface area contributed by atoms with Crippen molar-refractivity contribution in [3.8, 4) is 0 Å². The average Bonchev–Trinajstić information content (AvgIpc) is 2.13. The highest BCUT2D eigenvalue weighted by atomic mass is 16.2. The molecule has 2 amide bonds. The number of urea groups is 1. The van der Waals surface area contributed by atoms with Gasteiger partial charge in [0.2, 0.25) is 0 Å². The van der Waals surface area contributed by atoms with Crippen LogP contribution in [0.25, 0.3) is 0 Å². The van der Waals surface area contributed by atoms with Crippen LogP contribution in [-0.2, 0) is 0 Å². The number of hydrogen-bond donors (Lipinski definition) is 2. The molecule has 4 nitrogen and oxygen atoms in total. The van der Waals surface area contributed by atoms with Gasteiger partial charge in [-0.1, -0.05) is 0 Å². The first-order valence-electron chi connectivity index (χ1n) is 3.57. The Bertz CT molecular complexity index is 126.